The molecular weight excluding hydrogens is 532 g/mol. The minimum absolute atomic E-state index is 0.0156. The van der Waals surface area contributed by atoms with Crippen LogP contribution in [-0.4, -0.2) is 85.3 Å². The summed E-state index contributed by atoms with van der Waals surface area (Å²) in [5.74, 6) is -0.401. The zero-order valence-corrected chi connectivity index (χ0v) is 24.3. The van der Waals surface area contributed by atoms with Crippen molar-refractivity contribution in [2.45, 2.75) is 81.8 Å². The van der Waals surface area contributed by atoms with Crippen molar-refractivity contribution in [1.82, 2.24) is 19.4 Å². The Morgan fingerprint density at radius 1 is 1.14 bits per heavy atom. The molecule has 0 spiro atoms. The van der Waals surface area contributed by atoms with E-state index >= 15 is 0 Å². The molecule has 1 aromatic heterocycles. The molecule has 204 valence electrons. The number of likely N-dealkylation sites (tertiary alicyclic amines) is 2. The van der Waals surface area contributed by atoms with E-state index in [-0.39, 0.29) is 28.6 Å². The second-order valence-corrected chi connectivity index (χ2v) is 14.1. The van der Waals surface area contributed by atoms with E-state index in [0.29, 0.717) is 43.0 Å². The number of carbonyl (C=O) groups is 2. The first-order chi connectivity index (χ1) is 17.5. The second kappa shape index (κ2) is 11.6. The molecule has 0 saturated carbocycles. The fourth-order valence-electron chi connectivity index (χ4n) is 5.43. The first kappa shape index (κ1) is 28.3. The standard InChI is InChI=1S/C26H37ClN4O4S2/c1-17(2)31(18(3)4)15-21-7-5-12-30(21)24(32)16-29-11-6-8-22(26(29)33)28-37(34,35)25-13-19-9-10-20(27)14-23(19)36-25/h9-10,13-14,17-18,21-22,28H,5-8,11-12,15-16H2,1-4H3/t21-,22-/m0/s1. The van der Waals surface area contributed by atoms with Gasteiger partial charge in [0.1, 0.15) is 10.3 Å². The third-order valence-corrected chi connectivity index (χ3v) is 10.6. The molecule has 1 N–H and O–H groups in total. The van der Waals surface area contributed by atoms with E-state index in [0.717, 1.165) is 40.8 Å². The average Bonchev–Trinajstić information content (AvgIpc) is 3.46. The number of halogens is 1. The number of rotatable bonds is 9. The molecule has 4 rings (SSSR count). The Bertz CT molecular complexity index is 1240. The first-order valence-corrected chi connectivity index (χ1v) is 15.7. The van der Waals surface area contributed by atoms with Crippen LogP contribution in [0.1, 0.15) is 53.4 Å². The van der Waals surface area contributed by atoms with Gasteiger partial charge in [0.15, 0.2) is 0 Å². The van der Waals surface area contributed by atoms with E-state index in [2.05, 4.69) is 37.3 Å². The van der Waals surface area contributed by atoms with Crippen molar-refractivity contribution in [3.05, 3.63) is 29.3 Å². The Morgan fingerprint density at radius 3 is 2.54 bits per heavy atom. The summed E-state index contributed by atoms with van der Waals surface area (Å²) in [5.41, 5.74) is 0. The third kappa shape index (κ3) is 6.47. The Morgan fingerprint density at radius 2 is 1.84 bits per heavy atom. The highest BCUT2D eigenvalue weighted by atomic mass is 35.5. The smallest absolute Gasteiger partial charge is 0.250 e. The van der Waals surface area contributed by atoms with Crippen molar-refractivity contribution in [3.63, 3.8) is 0 Å². The lowest BCUT2D eigenvalue weighted by atomic mass is 10.1. The number of nitrogens with zero attached hydrogens (tertiary/aromatic N) is 3. The van der Waals surface area contributed by atoms with Crippen molar-refractivity contribution in [3.8, 4) is 0 Å². The van der Waals surface area contributed by atoms with E-state index in [1.54, 1.807) is 24.3 Å². The first-order valence-electron chi connectivity index (χ1n) is 13.0. The molecule has 0 unspecified atom stereocenters. The highest BCUT2D eigenvalue weighted by Crippen LogP contribution is 2.31. The summed E-state index contributed by atoms with van der Waals surface area (Å²) >= 11 is 7.16. The van der Waals surface area contributed by atoms with E-state index in [1.807, 2.05) is 4.90 Å². The summed E-state index contributed by atoms with van der Waals surface area (Å²) in [6, 6.07) is 6.83. The van der Waals surface area contributed by atoms with Crippen LogP contribution in [0, 0.1) is 0 Å². The third-order valence-electron chi connectivity index (χ3n) is 7.32. The molecule has 2 saturated heterocycles. The Kier molecular flexibility index (Phi) is 8.85. The number of benzene rings is 1. The van der Waals surface area contributed by atoms with Gasteiger partial charge in [-0.25, -0.2) is 8.42 Å². The van der Waals surface area contributed by atoms with Crippen LogP contribution in [0.5, 0.6) is 0 Å². The summed E-state index contributed by atoms with van der Waals surface area (Å²) in [7, 11) is -3.90. The maximum atomic E-state index is 13.3. The summed E-state index contributed by atoms with van der Waals surface area (Å²) in [6.45, 7) is 10.6. The minimum Gasteiger partial charge on any atom is -0.337 e. The minimum atomic E-state index is -3.90. The van der Waals surface area contributed by atoms with Crippen molar-refractivity contribution in [2.75, 3.05) is 26.2 Å². The molecular formula is C26H37ClN4O4S2. The maximum Gasteiger partial charge on any atom is 0.250 e. The van der Waals surface area contributed by atoms with Crippen LogP contribution in [0.4, 0.5) is 0 Å². The van der Waals surface area contributed by atoms with Crippen LogP contribution in [0.3, 0.4) is 0 Å². The molecule has 2 aromatic rings. The lowest BCUT2D eigenvalue weighted by molar-refractivity contribution is -0.143. The summed E-state index contributed by atoms with van der Waals surface area (Å²) < 4.78 is 29.7. The van der Waals surface area contributed by atoms with Gasteiger partial charge < -0.3 is 9.80 Å². The quantitative estimate of drug-likeness (QED) is 0.495. The van der Waals surface area contributed by atoms with Crippen molar-refractivity contribution in [2.24, 2.45) is 0 Å². The molecule has 2 atom stereocenters. The lowest BCUT2D eigenvalue weighted by Gasteiger charge is -2.37. The fraction of sp³-hybridized carbons (Fsp3) is 0.615. The van der Waals surface area contributed by atoms with Gasteiger partial charge in [-0.3, -0.25) is 14.5 Å². The van der Waals surface area contributed by atoms with E-state index < -0.39 is 16.1 Å². The molecule has 37 heavy (non-hydrogen) atoms. The number of amides is 2. The summed E-state index contributed by atoms with van der Waals surface area (Å²) in [6.07, 6.45) is 2.95. The number of nitrogens with one attached hydrogen (secondary N) is 1. The molecule has 3 heterocycles. The number of fused-ring (bicyclic) bond motifs is 1. The maximum absolute atomic E-state index is 13.3. The van der Waals surface area contributed by atoms with Crippen molar-refractivity contribution < 1.29 is 18.0 Å². The normalized spacial score (nSPS) is 21.2. The van der Waals surface area contributed by atoms with Crippen molar-refractivity contribution in [1.29, 1.82) is 0 Å². The Hall–Kier alpha value is -1.72. The Balaban J connectivity index is 1.41. The molecule has 2 aliphatic rings. The van der Waals surface area contributed by atoms with Crippen LogP contribution in [-0.2, 0) is 19.6 Å². The van der Waals surface area contributed by atoms with Gasteiger partial charge in [0.25, 0.3) is 10.0 Å². The molecule has 11 heteroatoms. The van der Waals surface area contributed by atoms with E-state index in [4.69, 9.17) is 11.6 Å². The number of sulfonamides is 1. The molecule has 2 amide bonds. The van der Waals surface area contributed by atoms with Crippen LogP contribution >= 0.6 is 22.9 Å². The van der Waals surface area contributed by atoms with Crippen LogP contribution in [0.25, 0.3) is 10.1 Å². The highest BCUT2D eigenvalue weighted by molar-refractivity contribution is 7.91. The summed E-state index contributed by atoms with van der Waals surface area (Å²) in [4.78, 5) is 32.4. The molecule has 0 bridgehead atoms. The molecule has 0 radical (unpaired) electrons. The number of hydrogen-bond donors (Lipinski definition) is 1. The molecule has 2 aliphatic heterocycles. The zero-order chi connectivity index (χ0) is 26.9. The second-order valence-electron chi connectivity index (χ2n) is 10.6. The SMILES string of the molecule is CC(C)N(C[C@@H]1CCCN1C(=O)CN1CCC[C@H](NS(=O)(=O)c2cc3ccc(Cl)cc3s2)C1=O)C(C)C. The average molecular weight is 569 g/mol. The Labute approximate surface area is 229 Å². The van der Waals surface area contributed by atoms with Gasteiger partial charge >= 0.3 is 0 Å². The van der Waals surface area contributed by atoms with Crippen molar-refractivity contribution >= 4 is 54.9 Å². The lowest BCUT2D eigenvalue weighted by Crippen LogP contribution is -2.55. The van der Waals surface area contributed by atoms with Gasteiger partial charge in [-0.1, -0.05) is 17.7 Å². The van der Waals surface area contributed by atoms with Crippen LogP contribution in [0.15, 0.2) is 28.5 Å². The predicted molar refractivity (Wildman–Crippen MR) is 148 cm³/mol. The van der Waals surface area contributed by atoms with Gasteiger partial charge in [0.05, 0.1) is 6.54 Å². The number of piperidine rings is 1. The monoisotopic (exact) mass is 568 g/mol. The largest absolute Gasteiger partial charge is 0.337 e. The van der Waals surface area contributed by atoms with Gasteiger partial charge in [-0.2, -0.15) is 4.72 Å². The number of thiophene rings is 1. The molecule has 8 nitrogen and oxygen atoms in total. The van der Waals surface area contributed by atoms with Crippen LogP contribution < -0.4 is 4.72 Å². The predicted octanol–water partition coefficient (Wildman–Crippen LogP) is 3.93. The highest BCUT2D eigenvalue weighted by Gasteiger charge is 2.37. The fourth-order valence-corrected chi connectivity index (χ4v) is 8.35. The molecule has 1 aromatic carbocycles. The molecule has 2 fully saturated rings. The van der Waals surface area contributed by atoms with E-state index in [9.17, 15) is 18.0 Å². The van der Waals surface area contributed by atoms with Gasteiger partial charge in [0, 0.05) is 47.5 Å². The zero-order valence-electron chi connectivity index (χ0n) is 21.9. The van der Waals surface area contributed by atoms with Gasteiger partial charge in [-0.05, 0) is 77.0 Å². The molecule has 0 aliphatic carbocycles. The van der Waals surface area contributed by atoms with E-state index in [1.165, 1.54) is 4.90 Å². The topological polar surface area (TPSA) is 90.0 Å². The van der Waals surface area contributed by atoms with Crippen LogP contribution in [0.2, 0.25) is 5.02 Å². The van der Waals surface area contributed by atoms with Gasteiger partial charge in [0.2, 0.25) is 11.8 Å². The number of hydrogen-bond acceptors (Lipinski definition) is 6. The number of carbonyl (C=O) groups excluding carboxylic acids is 2. The van der Waals surface area contributed by atoms with Gasteiger partial charge in [-0.15, -0.1) is 11.3 Å². The summed E-state index contributed by atoms with van der Waals surface area (Å²) in [5, 5.41) is 1.32.